The molecule has 1 N–H and O–H groups in total. The summed E-state index contributed by atoms with van der Waals surface area (Å²) >= 11 is 0. The number of aliphatic hydroxyl groups is 1. The third-order valence-corrected chi connectivity index (χ3v) is 4.05. The molecule has 0 spiro atoms. The number of hydrogen-bond donors (Lipinski definition) is 1. The summed E-state index contributed by atoms with van der Waals surface area (Å²) in [6, 6.07) is 6.47. The average molecular weight is 248 g/mol. The van der Waals surface area contributed by atoms with Gasteiger partial charge in [0, 0.05) is 13.2 Å². The number of benzene rings is 1. The first-order valence-electron chi connectivity index (χ1n) is 7.13. The van der Waals surface area contributed by atoms with E-state index in [0.29, 0.717) is 5.92 Å². The van der Waals surface area contributed by atoms with Crippen molar-refractivity contribution in [2.75, 3.05) is 13.2 Å². The first kappa shape index (κ1) is 13.6. The lowest BCUT2D eigenvalue weighted by molar-refractivity contribution is 0.00716. The SMILES string of the molecule is CCc1ccc(C(O)C2CCOCC2)cc1CC. The maximum Gasteiger partial charge on any atom is 0.0820 e. The molecule has 2 rings (SSSR count). The van der Waals surface area contributed by atoms with E-state index in [1.54, 1.807) is 0 Å². The van der Waals surface area contributed by atoms with Crippen LogP contribution in [0, 0.1) is 5.92 Å². The zero-order valence-electron chi connectivity index (χ0n) is 11.5. The highest BCUT2D eigenvalue weighted by molar-refractivity contribution is 5.33. The van der Waals surface area contributed by atoms with Gasteiger partial charge in [-0.15, -0.1) is 0 Å². The van der Waals surface area contributed by atoms with Crippen LogP contribution in [0.1, 0.15) is 49.5 Å². The molecule has 1 aromatic carbocycles. The first-order valence-corrected chi connectivity index (χ1v) is 7.13. The van der Waals surface area contributed by atoms with Crippen molar-refractivity contribution in [2.24, 2.45) is 5.92 Å². The molecule has 2 nitrogen and oxygen atoms in total. The molecule has 18 heavy (non-hydrogen) atoms. The zero-order chi connectivity index (χ0) is 13.0. The Bertz CT molecular complexity index is 381. The quantitative estimate of drug-likeness (QED) is 0.886. The second kappa shape index (κ2) is 6.35. The maximum absolute atomic E-state index is 10.5. The molecule has 100 valence electrons. The molecule has 0 aliphatic carbocycles. The van der Waals surface area contributed by atoms with Crippen LogP contribution in [0.15, 0.2) is 18.2 Å². The van der Waals surface area contributed by atoms with E-state index in [1.807, 2.05) is 0 Å². The number of rotatable bonds is 4. The minimum Gasteiger partial charge on any atom is -0.388 e. The Morgan fingerprint density at radius 3 is 2.44 bits per heavy atom. The molecule has 1 unspecified atom stereocenters. The molecule has 0 radical (unpaired) electrons. The van der Waals surface area contributed by atoms with Gasteiger partial charge in [-0.25, -0.2) is 0 Å². The summed E-state index contributed by atoms with van der Waals surface area (Å²) in [4.78, 5) is 0. The van der Waals surface area contributed by atoms with Crippen LogP contribution in [0.3, 0.4) is 0 Å². The van der Waals surface area contributed by atoms with Crippen LogP contribution in [0.4, 0.5) is 0 Å². The van der Waals surface area contributed by atoms with Gasteiger partial charge in [0.25, 0.3) is 0 Å². The lowest BCUT2D eigenvalue weighted by Gasteiger charge is -2.27. The Hall–Kier alpha value is -0.860. The summed E-state index contributed by atoms with van der Waals surface area (Å²) in [5.41, 5.74) is 3.86. The third kappa shape index (κ3) is 2.93. The summed E-state index contributed by atoms with van der Waals surface area (Å²) in [5, 5.41) is 10.5. The molecule has 1 fully saturated rings. The fourth-order valence-electron chi connectivity index (χ4n) is 2.81. The molecule has 1 aromatic rings. The average Bonchev–Trinajstić information content (AvgIpc) is 2.46. The molecule has 0 aromatic heterocycles. The van der Waals surface area contributed by atoms with Crippen molar-refractivity contribution in [3.63, 3.8) is 0 Å². The second-order valence-electron chi connectivity index (χ2n) is 5.13. The van der Waals surface area contributed by atoms with Crippen molar-refractivity contribution in [1.29, 1.82) is 0 Å². The fourth-order valence-corrected chi connectivity index (χ4v) is 2.81. The van der Waals surface area contributed by atoms with Crippen LogP contribution in [-0.4, -0.2) is 18.3 Å². The van der Waals surface area contributed by atoms with Gasteiger partial charge in [0.05, 0.1) is 6.10 Å². The van der Waals surface area contributed by atoms with Crippen LogP contribution in [0.2, 0.25) is 0 Å². The van der Waals surface area contributed by atoms with E-state index in [0.717, 1.165) is 44.5 Å². The summed E-state index contributed by atoms with van der Waals surface area (Å²) in [6.45, 7) is 5.94. The van der Waals surface area contributed by atoms with Crippen LogP contribution < -0.4 is 0 Å². The zero-order valence-corrected chi connectivity index (χ0v) is 11.5. The highest BCUT2D eigenvalue weighted by Crippen LogP contribution is 2.31. The van der Waals surface area contributed by atoms with Gasteiger partial charge in [-0.1, -0.05) is 32.0 Å². The number of aliphatic hydroxyl groups excluding tert-OH is 1. The van der Waals surface area contributed by atoms with Crippen molar-refractivity contribution in [3.8, 4) is 0 Å². The van der Waals surface area contributed by atoms with Gasteiger partial charge in [-0.3, -0.25) is 0 Å². The predicted octanol–water partition coefficient (Wildman–Crippen LogP) is 3.27. The molecular weight excluding hydrogens is 224 g/mol. The van der Waals surface area contributed by atoms with Gasteiger partial charge in [0.1, 0.15) is 0 Å². The van der Waals surface area contributed by atoms with Gasteiger partial charge in [0.2, 0.25) is 0 Å². The minimum atomic E-state index is -0.329. The van der Waals surface area contributed by atoms with Crippen LogP contribution >= 0.6 is 0 Å². The van der Waals surface area contributed by atoms with Crippen LogP contribution in [0.25, 0.3) is 0 Å². The van der Waals surface area contributed by atoms with Crippen molar-refractivity contribution < 1.29 is 9.84 Å². The van der Waals surface area contributed by atoms with Gasteiger partial charge in [-0.2, -0.15) is 0 Å². The second-order valence-corrected chi connectivity index (χ2v) is 5.13. The van der Waals surface area contributed by atoms with Crippen molar-refractivity contribution in [3.05, 3.63) is 34.9 Å². The molecule has 1 aliphatic rings. The Morgan fingerprint density at radius 1 is 1.17 bits per heavy atom. The largest absolute Gasteiger partial charge is 0.388 e. The molecule has 2 heteroatoms. The maximum atomic E-state index is 10.5. The third-order valence-electron chi connectivity index (χ3n) is 4.05. The number of hydrogen-bond acceptors (Lipinski definition) is 2. The van der Waals surface area contributed by atoms with E-state index >= 15 is 0 Å². The van der Waals surface area contributed by atoms with Crippen molar-refractivity contribution >= 4 is 0 Å². The summed E-state index contributed by atoms with van der Waals surface area (Å²) in [6.07, 6.45) is 3.72. The fraction of sp³-hybridized carbons (Fsp3) is 0.625. The van der Waals surface area contributed by atoms with E-state index in [2.05, 4.69) is 32.0 Å². The Morgan fingerprint density at radius 2 is 1.83 bits per heavy atom. The van der Waals surface area contributed by atoms with E-state index in [4.69, 9.17) is 4.74 Å². The topological polar surface area (TPSA) is 29.5 Å². The number of aryl methyl sites for hydroxylation is 2. The van der Waals surface area contributed by atoms with Gasteiger partial charge >= 0.3 is 0 Å². The van der Waals surface area contributed by atoms with E-state index in [9.17, 15) is 5.11 Å². The lowest BCUT2D eigenvalue weighted by atomic mass is 9.87. The molecule has 1 heterocycles. The highest BCUT2D eigenvalue weighted by atomic mass is 16.5. The molecular formula is C16H24O2. The normalized spacial score (nSPS) is 18.8. The van der Waals surface area contributed by atoms with Gasteiger partial charge in [-0.05, 0) is 48.3 Å². The van der Waals surface area contributed by atoms with Crippen molar-refractivity contribution in [1.82, 2.24) is 0 Å². The molecule has 1 saturated heterocycles. The molecule has 0 saturated carbocycles. The monoisotopic (exact) mass is 248 g/mol. The molecule has 1 atom stereocenters. The smallest absolute Gasteiger partial charge is 0.0820 e. The van der Waals surface area contributed by atoms with Crippen LogP contribution in [-0.2, 0) is 17.6 Å². The predicted molar refractivity (Wildman–Crippen MR) is 73.7 cm³/mol. The Labute approximate surface area is 110 Å². The Kier molecular flexibility index (Phi) is 4.79. The van der Waals surface area contributed by atoms with Gasteiger partial charge < -0.3 is 9.84 Å². The first-order chi connectivity index (χ1) is 8.76. The van der Waals surface area contributed by atoms with E-state index in [1.165, 1.54) is 11.1 Å². The summed E-state index contributed by atoms with van der Waals surface area (Å²) in [5.74, 6) is 0.357. The molecule has 1 aliphatic heterocycles. The molecule has 0 amide bonds. The van der Waals surface area contributed by atoms with E-state index in [-0.39, 0.29) is 6.10 Å². The van der Waals surface area contributed by atoms with Crippen molar-refractivity contribution in [2.45, 2.75) is 45.6 Å². The van der Waals surface area contributed by atoms with Gasteiger partial charge in [0.15, 0.2) is 0 Å². The standard InChI is InChI=1S/C16H24O2/c1-3-12-5-6-15(11-13(12)4-2)16(17)14-7-9-18-10-8-14/h5-6,11,14,16-17H,3-4,7-10H2,1-2H3. The van der Waals surface area contributed by atoms with E-state index < -0.39 is 0 Å². The minimum absolute atomic E-state index is 0.329. The lowest BCUT2D eigenvalue weighted by Crippen LogP contribution is -2.22. The Balaban J connectivity index is 2.16. The van der Waals surface area contributed by atoms with Crippen LogP contribution in [0.5, 0.6) is 0 Å². The summed E-state index contributed by atoms with van der Waals surface area (Å²) in [7, 11) is 0. The summed E-state index contributed by atoms with van der Waals surface area (Å²) < 4.78 is 5.36. The molecule has 0 bridgehead atoms. The highest BCUT2D eigenvalue weighted by Gasteiger charge is 2.23. The number of ether oxygens (including phenoxy) is 1.